The first-order valence-electron chi connectivity index (χ1n) is 7.32. The lowest BCUT2D eigenvalue weighted by atomic mass is 10.2. The molecule has 21 heavy (non-hydrogen) atoms. The molecule has 2 fully saturated rings. The van der Waals surface area contributed by atoms with E-state index in [4.69, 9.17) is 5.26 Å². The van der Waals surface area contributed by atoms with Gasteiger partial charge >= 0.3 is 0 Å². The second kappa shape index (κ2) is 5.76. The molecule has 0 amide bonds. The van der Waals surface area contributed by atoms with Crippen LogP contribution >= 0.6 is 0 Å². The van der Waals surface area contributed by atoms with Crippen LogP contribution in [0.1, 0.15) is 18.4 Å². The molecule has 1 saturated carbocycles. The quantitative estimate of drug-likeness (QED) is 0.840. The van der Waals surface area contributed by atoms with Gasteiger partial charge in [0.25, 0.3) is 0 Å². The molecule has 0 bridgehead atoms. The smallest absolute Gasteiger partial charge is 0.243 e. The van der Waals surface area contributed by atoms with Crippen molar-refractivity contribution in [3.05, 3.63) is 29.8 Å². The number of benzene rings is 1. The van der Waals surface area contributed by atoms with Crippen molar-refractivity contribution < 1.29 is 8.42 Å². The van der Waals surface area contributed by atoms with E-state index in [-0.39, 0.29) is 4.90 Å². The molecule has 2 aliphatic rings. The van der Waals surface area contributed by atoms with Crippen molar-refractivity contribution in [3.8, 4) is 6.07 Å². The van der Waals surface area contributed by atoms with Gasteiger partial charge in [-0.05, 0) is 43.0 Å². The Morgan fingerprint density at radius 3 is 2.24 bits per heavy atom. The van der Waals surface area contributed by atoms with Gasteiger partial charge in [-0.2, -0.15) is 9.57 Å². The van der Waals surface area contributed by atoms with Crippen LogP contribution in [0.4, 0.5) is 0 Å². The first-order chi connectivity index (χ1) is 10.1. The van der Waals surface area contributed by atoms with Gasteiger partial charge in [-0.25, -0.2) is 8.42 Å². The summed E-state index contributed by atoms with van der Waals surface area (Å²) in [6.45, 7) is 3.84. The van der Waals surface area contributed by atoms with E-state index >= 15 is 0 Å². The van der Waals surface area contributed by atoms with E-state index < -0.39 is 10.0 Å². The Balaban J connectivity index is 1.66. The van der Waals surface area contributed by atoms with Gasteiger partial charge in [-0.3, -0.25) is 0 Å². The summed E-state index contributed by atoms with van der Waals surface area (Å²) >= 11 is 0. The van der Waals surface area contributed by atoms with Crippen molar-refractivity contribution in [1.29, 1.82) is 5.26 Å². The van der Waals surface area contributed by atoms with E-state index in [1.807, 2.05) is 6.07 Å². The van der Waals surface area contributed by atoms with Crippen molar-refractivity contribution in [1.82, 2.24) is 9.21 Å². The largest absolute Gasteiger partial charge is 0.300 e. The molecule has 1 aliphatic carbocycles. The molecule has 5 nitrogen and oxygen atoms in total. The zero-order valence-electron chi connectivity index (χ0n) is 11.9. The molecule has 0 N–H and O–H groups in total. The molecule has 0 spiro atoms. The molecule has 1 saturated heterocycles. The van der Waals surface area contributed by atoms with Crippen molar-refractivity contribution in [2.24, 2.45) is 5.92 Å². The third-order valence-corrected chi connectivity index (χ3v) is 6.08. The summed E-state index contributed by atoms with van der Waals surface area (Å²) < 4.78 is 26.7. The van der Waals surface area contributed by atoms with Crippen LogP contribution in [0.2, 0.25) is 0 Å². The summed E-state index contributed by atoms with van der Waals surface area (Å²) in [5.74, 6) is 0.840. The highest BCUT2D eigenvalue weighted by Crippen LogP contribution is 2.30. The van der Waals surface area contributed by atoms with Crippen LogP contribution in [0.3, 0.4) is 0 Å². The fourth-order valence-electron chi connectivity index (χ4n) is 2.67. The molecule has 3 rings (SSSR count). The second-order valence-corrected chi connectivity index (χ2v) is 7.72. The van der Waals surface area contributed by atoms with Crippen molar-refractivity contribution in [3.63, 3.8) is 0 Å². The minimum absolute atomic E-state index is 0.275. The molecule has 1 aromatic carbocycles. The topological polar surface area (TPSA) is 64.4 Å². The van der Waals surface area contributed by atoms with Gasteiger partial charge in [0, 0.05) is 32.7 Å². The lowest BCUT2D eigenvalue weighted by molar-refractivity contribution is 0.182. The second-order valence-electron chi connectivity index (χ2n) is 5.78. The van der Waals surface area contributed by atoms with Crippen LogP contribution in [0.15, 0.2) is 29.2 Å². The Morgan fingerprint density at radius 2 is 1.71 bits per heavy atom. The number of hydrogen-bond acceptors (Lipinski definition) is 4. The highest BCUT2D eigenvalue weighted by molar-refractivity contribution is 7.89. The van der Waals surface area contributed by atoms with Gasteiger partial charge in [-0.15, -0.1) is 0 Å². The molecule has 112 valence electrons. The van der Waals surface area contributed by atoms with E-state index in [9.17, 15) is 8.42 Å². The molecule has 1 aliphatic heterocycles. The normalized spacial score (nSPS) is 21.1. The maximum Gasteiger partial charge on any atom is 0.243 e. The minimum Gasteiger partial charge on any atom is -0.300 e. The van der Waals surface area contributed by atoms with Crippen LogP contribution in [0.25, 0.3) is 0 Å². The van der Waals surface area contributed by atoms with Gasteiger partial charge in [0.2, 0.25) is 10.0 Å². The van der Waals surface area contributed by atoms with E-state index in [0.29, 0.717) is 18.7 Å². The van der Waals surface area contributed by atoms with E-state index in [0.717, 1.165) is 25.6 Å². The number of nitrogens with zero attached hydrogens (tertiary/aromatic N) is 3. The number of sulfonamides is 1. The maximum atomic E-state index is 12.6. The monoisotopic (exact) mass is 305 g/mol. The number of rotatable bonds is 4. The number of hydrogen-bond donors (Lipinski definition) is 0. The van der Waals surface area contributed by atoms with Crippen LogP contribution in [-0.2, 0) is 10.0 Å². The zero-order chi connectivity index (χ0) is 14.9. The summed E-state index contributed by atoms with van der Waals surface area (Å²) in [5, 5.41) is 8.77. The highest BCUT2D eigenvalue weighted by atomic mass is 32.2. The minimum atomic E-state index is -3.43. The van der Waals surface area contributed by atoms with E-state index in [1.165, 1.54) is 25.0 Å². The molecular formula is C15H19N3O2S. The van der Waals surface area contributed by atoms with Gasteiger partial charge < -0.3 is 4.90 Å². The summed E-state index contributed by atoms with van der Waals surface area (Å²) in [4.78, 5) is 2.64. The Labute approximate surface area is 125 Å². The Morgan fingerprint density at radius 1 is 1.10 bits per heavy atom. The summed E-state index contributed by atoms with van der Waals surface area (Å²) in [6, 6.07) is 8.14. The van der Waals surface area contributed by atoms with E-state index in [1.54, 1.807) is 16.4 Å². The Kier molecular flexibility index (Phi) is 3.98. The third kappa shape index (κ3) is 3.26. The van der Waals surface area contributed by atoms with E-state index in [2.05, 4.69) is 4.90 Å². The molecular weight excluding hydrogens is 286 g/mol. The first kappa shape index (κ1) is 14.5. The lowest BCUT2D eigenvalue weighted by Crippen LogP contribution is -2.49. The first-order valence-corrected chi connectivity index (χ1v) is 8.76. The fraction of sp³-hybridized carbons (Fsp3) is 0.533. The van der Waals surface area contributed by atoms with Crippen molar-refractivity contribution in [2.75, 3.05) is 32.7 Å². The highest BCUT2D eigenvalue weighted by Gasteiger charge is 2.31. The SMILES string of the molecule is N#Cc1ccc(S(=O)(=O)N2CCN(CC3CC3)CC2)cc1. The summed E-state index contributed by atoms with van der Waals surface area (Å²) in [6.07, 6.45) is 2.65. The standard InChI is InChI=1S/C15H19N3O2S/c16-11-13-3-5-15(6-4-13)21(19,20)18-9-7-17(8-10-18)12-14-1-2-14/h3-6,14H,1-2,7-10,12H2. The Bertz CT molecular complexity index is 636. The van der Waals surface area contributed by atoms with Gasteiger partial charge in [-0.1, -0.05) is 0 Å². The molecule has 0 atom stereocenters. The molecule has 0 aromatic heterocycles. The Hall–Kier alpha value is -1.42. The predicted octanol–water partition coefficient (Wildman–Crippen LogP) is 1.27. The lowest BCUT2D eigenvalue weighted by Gasteiger charge is -2.34. The van der Waals surface area contributed by atoms with Crippen LogP contribution in [-0.4, -0.2) is 50.3 Å². The zero-order valence-corrected chi connectivity index (χ0v) is 12.7. The van der Waals surface area contributed by atoms with Crippen LogP contribution < -0.4 is 0 Å². The average Bonchev–Trinajstić information content (AvgIpc) is 3.32. The van der Waals surface area contributed by atoms with Gasteiger partial charge in [0.05, 0.1) is 16.5 Å². The molecule has 1 heterocycles. The molecule has 0 unspecified atom stereocenters. The van der Waals surface area contributed by atoms with Crippen LogP contribution in [0, 0.1) is 17.2 Å². The van der Waals surface area contributed by atoms with Crippen molar-refractivity contribution in [2.45, 2.75) is 17.7 Å². The molecule has 1 aromatic rings. The van der Waals surface area contributed by atoms with Crippen LogP contribution in [0.5, 0.6) is 0 Å². The van der Waals surface area contributed by atoms with Crippen molar-refractivity contribution >= 4 is 10.0 Å². The number of piperazine rings is 1. The van der Waals surface area contributed by atoms with Gasteiger partial charge in [0.15, 0.2) is 0 Å². The maximum absolute atomic E-state index is 12.6. The van der Waals surface area contributed by atoms with Gasteiger partial charge in [0.1, 0.15) is 0 Å². The summed E-state index contributed by atoms with van der Waals surface area (Å²) in [7, 11) is -3.43. The predicted molar refractivity (Wildman–Crippen MR) is 79.1 cm³/mol. The molecule has 6 heteroatoms. The third-order valence-electron chi connectivity index (χ3n) is 4.17. The number of nitriles is 1. The summed E-state index contributed by atoms with van der Waals surface area (Å²) in [5.41, 5.74) is 0.475. The molecule has 0 radical (unpaired) electrons. The fourth-order valence-corrected chi connectivity index (χ4v) is 4.09. The average molecular weight is 305 g/mol.